The molecule has 1 aliphatic rings. The second kappa shape index (κ2) is 11.2. The van der Waals surface area contributed by atoms with Crippen molar-refractivity contribution in [2.24, 2.45) is 0 Å². The molecule has 0 radical (unpaired) electrons. The maximum absolute atomic E-state index is 8.20. The summed E-state index contributed by atoms with van der Waals surface area (Å²) >= 11 is 0. The molecule has 0 saturated carbocycles. The third kappa shape index (κ3) is 4.13. The smallest absolute Gasteiger partial charge is 0.194 e. The Morgan fingerprint density at radius 1 is 0.320 bits per heavy atom. The molecule has 0 N–H and O–H groups in total. The molecular weight excluding hydrogens is 603 g/mol. The zero-order valence-corrected chi connectivity index (χ0v) is 27.2. The largest absolute Gasteiger partial charge is 0.238 e. The van der Waals surface area contributed by atoms with Crippen molar-refractivity contribution in [3.63, 3.8) is 0 Å². The number of rotatable bonds is 4. The van der Waals surface area contributed by atoms with Crippen LogP contribution < -0.4 is 0 Å². The standard InChI is InChI=1S/C49H29N/c1-50-44-29-26-34(36-23-12-19-31-14-8-9-20-35(31)36)30-43(44)37-27-28-42-47-38(37)24-13-25-41(47)48-45(32-15-4-2-5-16-32)39-21-10-11-22-40(39)46(49(42)48)33-17-6-3-7-18-33/h2-30H. The summed E-state index contributed by atoms with van der Waals surface area (Å²) in [5.41, 5.74) is 15.0. The molecule has 1 nitrogen and oxygen atoms in total. The minimum absolute atomic E-state index is 0.658. The molecule has 9 aromatic rings. The van der Waals surface area contributed by atoms with Gasteiger partial charge in [0.05, 0.1) is 6.57 Å². The Morgan fingerprint density at radius 2 is 0.840 bits per heavy atom. The Hall–Kier alpha value is -6.75. The third-order valence-electron chi connectivity index (χ3n) is 10.4. The van der Waals surface area contributed by atoms with Gasteiger partial charge in [0.15, 0.2) is 5.69 Å². The normalized spacial score (nSPS) is 11.6. The van der Waals surface area contributed by atoms with E-state index in [9.17, 15) is 0 Å². The summed E-state index contributed by atoms with van der Waals surface area (Å²) in [5.74, 6) is 0. The van der Waals surface area contributed by atoms with Gasteiger partial charge in [0.1, 0.15) is 0 Å². The van der Waals surface area contributed by atoms with Crippen LogP contribution in [0, 0.1) is 6.57 Å². The molecule has 230 valence electrons. The first kappa shape index (κ1) is 28.3. The van der Waals surface area contributed by atoms with Crippen LogP contribution in [0.1, 0.15) is 0 Å². The lowest BCUT2D eigenvalue weighted by molar-refractivity contribution is 1.62. The van der Waals surface area contributed by atoms with Crippen molar-refractivity contribution in [2.75, 3.05) is 0 Å². The number of fused-ring (bicyclic) bond motifs is 5. The van der Waals surface area contributed by atoms with Gasteiger partial charge in [-0.2, -0.15) is 0 Å². The van der Waals surface area contributed by atoms with E-state index >= 15 is 0 Å². The summed E-state index contributed by atoms with van der Waals surface area (Å²) in [5, 5.41) is 7.33. The van der Waals surface area contributed by atoms with Gasteiger partial charge in [0.25, 0.3) is 0 Å². The molecule has 9 aromatic carbocycles. The first-order chi connectivity index (χ1) is 24.8. The van der Waals surface area contributed by atoms with E-state index in [1.165, 1.54) is 82.4 Å². The number of benzene rings is 9. The van der Waals surface area contributed by atoms with Gasteiger partial charge in [-0.1, -0.05) is 176 Å². The lowest BCUT2D eigenvalue weighted by Gasteiger charge is -2.20. The molecule has 10 rings (SSSR count). The third-order valence-corrected chi connectivity index (χ3v) is 10.4. The van der Waals surface area contributed by atoms with Gasteiger partial charge >= 0.3 is 0 Å². The SMILES string of the molecule is [C-]#[N+]c1ccc(-c2cccc3ccccc23)cc1-c1ccc2c3c(cccc13)-c1c-2c(-c2ccccc2)c2ccccc2c1-c1ccccc1. The molecule has 1 aliphatic carbocycles. The van der Waals surface area contributed by atoms with Gasteiger partial charge in [-0.3, -0.25) is 0 Å². The van der Waals surface area contributed by atoms with Gasteiger partial charge in [0, 0.05) is 0 Å². The predicted octanol–water partition coefficient (Wildman–Crippen LogP) is 14.0. The van der Waals surface area contributed by atoms with Crippen LogP contribution in [0.2, 0.25) is 0 Å². The maximum atomic E-state index is 8.20. The summed E-state index contributed by atoms with van der Waals surface area (Å²) in [7, 11) is 0. The monoisotopic (exact) mass is 631 g/mol. The van der Waals surface area contributed by atoms with Crippen LogP contribution in [0.25, 0.3) is 104 Å². The Bertz CT molecular complexity index is 2760. The predicted molar refractivity (Wildman–Crippen MR) is 211 cm³/mol. The van der Waals surface area contributed by atoms with E-state index < -0.39 is 0 Å². The molecule has 0 spiro atoms. The second-order valence-corrected chi connectivity index (χ2v) is 13.0. The fraction of sp³-hybridized carbons (Fsp3) is 0. The van der Waals surface area contributed by atoms with Gasteiger partial charge in [-0.05, 0) is 99.1 Å². The molecule has 0 bridgehead atoms. The average Bonchev–Trinajstić information content (AvgIpc) is 3.52. The van der Waals surface area contributed by atoms with Crippen LogP contribution in [-0.2, 0) is 0 Å². The van der Waals surface area contributed by atoms with E-state index in [0.29, 0.717) is 5.69 Å². The van der Waals surface area contributed by atoms with E-state index in [-0.39, 0.29) is 0 Å². The molecular formula is C49H29N. The summed E-state index contributed by atoms with van der Waals surface area (Å²) < 4.78 is 0. The van der Waals surface area contributed by atoms with E-state index in [4.69, 9.17) is 6.57 Å². The van der Waals surface area contributed by atoms with Crippen LogP contribution in [0.4, 0.5) is 5.69 Å². The highest BCUT2D eigenvalue weighted by Crippen LogP contribution is 2.58. The molecule has 0 aliphatic heterocycles. The molecule has 0 aromatic heterocycles. The van der Waals surface area contributed by atoms with Crippen molar-refractivity contribution in [1.29, 1.82) is 0 Å². The van der Waals surface area contributed by atoms with Gasteiger partial charge in [-0.15, -0.1) is 0 Å². The Labute approximate surface area is 291 Å². The minimum Gasteiger partial charge on any atom is -0.238 e. The van der Waals surface area contributed by atoms with Crippen molar-refractivity contribution in [1.82, 2.24) is 0 Å². The van der Waals surface area contributed by atoms with E-state index in [1.807, 2.05) is 6.07 Å². The van der Waals surface area contributed by atoms with Crippen molar-refractivity contribution in [3.05, 3.63) is 187 Å². The number of nitrogens with zero attached hydrogens (tertiary/aromatic N) is 1. The Kier molecular flexibility index (Phi) is 6.31. The molecule has 0 heterocycles. The second-order valence-electron chi connectivity index (χ2n) is 13.0. The van der Waals surface area contributed by atoms with Crippen molar-refractivity contribution >= 4 is 38.0 Å². The molecule has 0 unspecified atom stereocenters. The topological polar surface area (TPSA) is 4.36 Å². The first-order valence-electron chi connectivity index (χ1n) is 17.1. The zero-order chi connectivity index (χ0) is 33.2. The molecule has 1 heteroatoms. The lowest BCUT2D eigenvalue weighted by Crippen LogP contribution is -1.93. The molecule has 0 atom stereocenters. The van der Waals surface area contributed by atoms with Crippen LogP contribution in [0.3, 0.4) is 0 Å². The lowest BCUT2D eigenvalue weighted by atomic mass is 9.82. The van der Waals surface area contributed by atoms with Crippen LogP contribution >= 0.6 is 0 Å². The fourth-order valence-corrected chi connectivity index (χ4v) is 8.34. The van der Waals surface area contributed by atoms with Crippen molar-refractivity contribution < 1.29 is 0 Å². The summed E-state index contributed by atoms with van der Waals surface area (Å²) in [4.78, 5) is 4.05. The number of hydrogen-bond donors (Lipinski definition) is 0. The van der Waals surface area contributed by atoms with Crippen LogP contribution in [-0.4, -0.2) is 0 Å². The fourth-order valence-electron chi connectivity index (χ4n) is 8.34. The van der Waals surface area contributed by atoms with Crippen molar-refractivity contribution in [2.45, 2.75) is 0 Å². The van der Waals surface area contributed by atoms with E-state index in [0.717, 1.165) is 16.7 Å². The molecule has 0 fully saturated rings. The maximum Gasteiger partial charge on any atom is 0.194 e. The Balaban J connectivity index is 1.30. The minimum atomic E-state index is 0.658. The van der Waals surface area contributed by atoms with Gasteiger partial charge < -0.3 is 0 Å². The summed E-state index contributed by atoms with van der Waals surface area (Å²) in [6, 6.07) is 63.1. The van der Waals surface area contributed by atoms with E-state index in [2.05, 4.69) is 175 Å². The van der Waals surface area contributed by atoms with Crippen LogP contribution in [0.5, 0.6) is 0 Å². The highest BCUT2D eigenvalue weighted by atomic mass is 14.6. The highest BCUT2D eigenvalue weighted by molar-refractivity contribution is 6.29. The quantitative estimate of drug-likeness (QED) is 0.170. The zero-order valence-electron chi connectivity index (χ0n) is 27.2. The average molecular weight is 632 g/mol. The van der Waals surface area contributed by atoms with Gasteiger partial charge in [0.2, 0.25) is 0 Å². The summed E-state index contributed by atoms with van der Waals surface area (Å²) in [6.07, 6.45) is 0. The highest BCUT2D eigenvalue weighted by Gasteiger charge is 2.31. The summed E-state index contributed by atoms with van der Waals surface area (Å²) in [6.45, 7) is 8.20. The molecule has 50 heavy (non-hydrogen) atoms. The number of hydrogen-bond acceptors (Lipinski definition) is 0. The molecule has 0 saturated heterocycles. The molecule has 0 amide bonds. The first-order valence-corrected chi connectivity index (χ1v) is 17.1. The van der Waals surface area contributed by atoms with Crippen LogP contribution in [0.15, 0.2) is 176 Å². The van der Waals surface area contributed by atoms with E-state index in [1.54, 1.807) is 0 Å². The van der Waals surface area contributed by atoms with Gasteiger partial charge in [-0.25, -0.2) is 4.85 Å². The van der Waals surface area contributed by atoms with Crippen molar-refractivity contribution in [3.8, 4) is 66.8 Å². The Morgan fingerprint density at radius 3 is 1.52 bits per heavy atom.